The van der Waals surface area contributed by atoms with E-state index in [0.717, 1.165) is 16.5 Å². The van der Waals surface area contributed by atoms with Crippen LogP contribution in [0.4, 0.5) is 5.69 Å². The number of aryl methyl sites for hydroxylation is 1. The number of aromatic nitrogens is 3. The minimum atomic E-state index is -0.0745. The van der Waals surface area contributed by atoms with Gasteiger partial charge >= 0.3 is 0 Å². The number of benzene rings is 2. The molecule has 0 fully saturated rings. The minimum Gasteiger partial charge on any atom is -0.339 e. The number of nitrogens with one attached hydrogen (secondary N) is 1. The van der Waals surface area contributed by atoms with E-state index in [2.05, 4.69) is 20.4 Å². The lowest BCUT2D eigenvalue weighted by Gasteiger charge is -2.05. The zero-order valence-corrected chi connectivity index (χ0v) is 15.7. The summed E-state index contributed by atoms with van der Waals surface area (Å²) < 4.78 is 5.26. The Hall–Kier alpha value is -3.25. The molecule has 2 aromatic carbocycles. The van der Waals surface area contributed by atoms with E-state index in [9.17, 15) is 4.79 Å². The second-order valence-electron chi connectivity index (χ2n) is 6.34. The van der Waals surface area contributed by atoms with E-state index in [0.29, 0.717) is 41.7 Å². The van der Waals surface area contributed by atoms with E-state index in [1.54, 1.807) is 18.3 Å². The molecule has 4 rings (SSSR count). The molecule has 0 saturated heterocycles. The third kappa shape index (κ3) is 4.35. The first-order chi connectivity index (χ1) is 13.7. The highest BCUT2D eigenvalue weighted by Gasteiger charge is 2.10. The van der Waals surface area contributed by atoms with Crippen LogP contribution in [0, 0.1) is 0 Å². The van der Waals surface area contributed by atoms with Gasteiger partial charge in [-0.2, -0.15) is 4.98 Å². The lowest BCUT2D eigenvalue weighted by molar-refractivity contribution is -0.116. The van der Waals surface area contributed by atoms with Crippen molar-refractivity contribution in [1.29, 1.82) is 0 Å². The summed E-state index contributed by atoms with van der Waals surface area (Å²) in [5.74, 6) is 0.943. The molecule has 1 amide bonds. The van der Waals surface area contributed by atoms with Crippen molar-refractivity contribution in [3.8, 4) is 11.4 Å². The highest BCUT2D eigenvalue weighted by molar-refractivity contribution is 6.30. The fourth-order valence-corrected chi connectivity index (χ4v) is 2.96. The lowest BCUT2D eigenvalue weighted by Crippen LogP contribution is -2.11. The Kier molecular flexibility index (Phi) is 5.30. The number of para-hydroxylation sites is 1. The van der Waals surface area contributed by atoms with Gasteiger partial charge in [0.2, 0.25) is 17.6 Å². The van der Waals surface area contributed by atoms with Gasteiger partial charge in [-0.3, -0.25) is 9.78 Å². The average molecular weight is 393 g/mol. The van der Waals surface area contributed by atoms with Gasteiger partial charge in [-0.25, -0.2) is 0 Å². The Bertz CT molecular complexity index is 1110. The summed E-state index contributed by atoms with van der Waals surface area (Å²) in [5, 5.41) is 8.49. The van der Waals surface area contributed by atoms with Crippen LogP contribution in [-0.2, 0) is 11.2 Å². The second-order valence-corrected chi connectivity index (χ2v) is 6.77. The summed E-state index contributed by atoms with van der Waals surface area (Å²) in [5.41, 5.74) is 2.42. The van der Waals surface area contributed by atoms with E-state index in [1.165, 1.54) is 0 Å². The first-order valence-corrected chi connectivity index (χ1v) is 9.28. The molecule has 4 aromatic rings. The monoisotopic (exact) mass is 392 g/mol. The van der Waals surface area contributed by atoms with E-state index in [4.69, 9.17) is 16.1 Å². The summed E-state index contributed by atoms with van der Waals surface area (Å²) in [6, 6.07) is 16.9. The van der Waals surface area contributed by atoms with Crippen LogP contribution in [0.15, 0.2) is 65.3 Å². The number of nitrogens with zero attached hydrogens (tertiary/aromatic N) is 3. The van der Waals surface area contributed by atoms with Crippen LogP contribution < -0.4 is 5.32 Å². The van der Waals surface area contributed by atoms with Gasteiger partial charge in [0.1, 0.15) is 0 Å². The van der Waals surface area contributed by atoms with Crippen molar-refractivity contribution in [3.05, 3.63) is 71.7 Å². The Morgan fingerprint density at radius 2 is 1.93 bits per heavy atom. The number of rotatable bonds is 6. The van der Waals surface area contributed by atoms with Crippen LogP contribution in [0.2, 0.25) is 5.02 Å². The van der Waals surface area contributed by atoms with Crippen LogP contribution in [0.1, 0.15) is 18.7 Å². The third-order valence-electron chi connectivity index (χ3n) is 4.24. The van der Waals surface area contributed by atoms with E-state index >= 15 is 0 Å². The Morgan fingerprint density at radius 1 is 1.11 bits per heavy atom. The molecule has 0 saturated carbocycles. The van der Waals surface area contributed by atoms with Gasteiger partial charge in [0.05, 0.1) is 17.4 Å². The summed E-state index contributed by atoms with van der Waals surface area (Å²) in [4.78, 5) is 20.9. The van der Waals surface area contributed by atoms with Gasteiger partial charge in [-0.15, -0.1) is 0 Å². The molecule has 0 aliphatic carbocycles. The molecule has 6 nitrogen and oxygen atoms in total. The molecular formula is C21H17ClN4O2. The molecular weight excluding hydrogens is 376 g/mol. The summed E-state index contributed by atoms with van der Waals surface area (Å²) in [6.07, 6.45) is 3.15. The number of carbonyl (C=O) groups is 1. The molecule has 0 aliphatic heterocycles. The van der Waals surface area contributed by atoms with Crippen molar-refractivity contribution in [2.75, 3.05) is 5.32 Å². The zero-order valence-electron chi connectivity index (χ0n) is 14.9. The van der Waals surface area contributed by atoms with Crippen molar-refractivity contribution >= 4 is 34.1 Å². The standard InChI is InChI=1S/C21H17ClN4O2/c22-16-10-8-14(9-11-16)21-25-20(28-26-21)7-3-6-19(27)24-17-12-15-4-1-2-5-18(15)23-13-17/h1-2,4-5,8-13H,3,6-7H2,(H,24,27). The molecule has 2 aromatic heterocycles. The van der Waals surface area contributed by atoms with Crippen molar-refractivity contribution in [2.24, 2.45) is 0 Å². The topological polar surface area (TPSA) is 80.9 Å². The van der Waals surface area contributed by atoms with Gasteiger partial charge in [0.25, 0.3) is 0 Å². The fraction of sp³-hybridized carbons (Fsp3) is 0.143. The fourth-order valence-electron chi connectivity index (χ4n) is 2.84. The zero-order chi connectivity index (χ0) is 19.3. The molecule has 0 atom stereocenters. The predicted molar refractivity (Wildman–Crippen MR) is 108 cm³/mol. The maximum absolute atomic E-state index is 12.2. The molecule has 0 aliphatic rings. The number of amides is 1. The van der Waals surface area contributed by atoms with E-state index in [1.807, 2.05) is 42.5 Å². The number of carbonyl (C=O) groups excluding carboxylic acids is 1. The van der Waals surface area contributed by atoms with Crippen LogP contribution in [-0.4, -0.2) is 21.0 Å². The van der Waals surface area contributed by atoms with E-state index in [-0.39, 0.29) is 5.91 Å². The number of fused-ring (bicyclic) bond motifs is 1. The van der Waals surface area contributed by atoms with E-state index < -0.39 is 0 Å². The number of halogens is 1. The van der Waals surface area contributed by atoms with Gasteiger partial charge in [0, 0.05) is 28.8 Å². The second kappa shape index (κ2) is 8.19. The first-order valence-electron chi connectivity index (χ1n) is 8.90. The normalized spacial score (nSPS) is 10.9. The smallest absolute Gasteiger partial charge is 0.226 e. The molecule has 0 bridgehead atoms. The molecule has 140 valence electrons. The summed E-state index contributed by atoms with van der Waals surface area (Å²) >= 11 is 5.88. The maximum atomic E-state index is 12.2. The number of pyridine rings is 1. The quantitative estimate of drug-likeness (QED) is 0.504. The van der Waals surface area contributed by atoms with Gasteiger partial charge in [0.15, 0.2) is 0 Å². The van der Waals surface area contributed by atoms with Crippen molar-refractivity contribution < 1.29 is 9.32 Å². The summed E-state index contributed by atoms with van der Waals surface area (Å²) in [7, 11) is 0. The molecule has 7 heteroatoms. The maximum Gasteiger partial charge on any atom is 0.226 e. The van der Waals surface area contributed by atoms with Gasteiger partial charge in [-0.05, 0) is 42.8 Å². The molecule has 2 heterocycles. The van der Waals surface area contributed by atoms with Crippen LogP contribution in [0.5, 0.6) is 0 Å². The number of hydrogen-bond acceptors (Lipinski definition) is 5. The molecule has 0 radical (unpaired) electrons. The Balaban J connectivity index is 1.30. The highest BCUT2D eigenvalue weighted by Crippen LogP contribution is 2.19. The molecule has 1 N–H and O–H groups in total. The molecule has 0 unspecified atom stereocenters. The molecule has 0 spiro atoms. The Labute approximate surface area is 166 Å². The van der Waals surface area contributed by atoms with Crippen LogP contribution >= 0.6 is 11.6 Å². The first kappa shape index (κ1) is 18.1. The lowest BCUT2D eigenvalue weighted by atomic mass is 10.2. The number of anilines is 1. The largest absolute Gasteiger partial charge is 0.339 e. The molecule has 28 heavy (non-hydrogen) atoms. The summed E-state index contributed by atoms with van der Waals surface area (Å²) in [6.45, 7) is 0. The van der Waals surface area contributed by atoms with Gasteiger partial charge < -0.3 is 9.84 Å². The predicted octanol–water partition coefficient (Wildman–Crippen LogP) is 4.90. The van der Waals surface area contributed by atoms with Gasteiger partial charge in [-0.1, -0.05) is 35.0 Å². The SMILES string of the molecule is O=C(CCCc1nc(-c2ccc(Cl)cc2)no1)Nc1cnc2ccccc2c1. The highest BCUT2D eigenvalue weighted by atomic mass is 35.5. The average Bonchev–Trinajstić information content (AvgIpc) is 3.17. The van der Waals surface area contributed by atoms with Crippen molar-refractivity contribution in [2.45, 2.75) is 19.3 Å². The minimum absolute atomic E-state index is 0.0745. The Morgan fingerprint density at radius 3 is 2.79 bits per heavy atom. The van der Waals surface area contributed by atoms with Crippen LogP contribution in [0.3, 0.4) is 0 Å². The third-order valence-corrected chi connectivity index (χ3v) is 4.49. The number of hydrogen-bond donors (Lipinski definition) is 1. The van der Waals surface area contributed by atoms with Crippen molar-refractivity contribution in [3.63, 3.8) is 0 Å². The van der Waals surface area contributed by atoms with Crippen molar-refractivity contribution in [1.82, 2.24) is 15.1 Å². The van der Waals surface area contributed by atoms with Crippen LogP contribution in [0.25, 0.3) is 22.3 Å².